The molecule has 0 unspecified atom stereocenters. The molecule has 0 aliphatic rings. The molecule has 0 aliphatic heterocycles. The minimum atomic E-state index is -1.49. The van der Waals surface area contributed by atoms with E-state index in [4.69, 9.17) is 23.2 Å². The van der Waals surface area contributed by atoms with Crippen molar-refractivity contribution in [2.75, 3.05) is 0 Å². The number of nitrogens with zero attached hydrogens (tertiary/aromatic N) is 10. The highest BCUT2D eigenvalue weighted by Gasteiger charge is 2.22. The summed E-state index contributed by atoms with van der Waals surface area (Å²) in [4.78, 5) is 39.9. The van der Waals surface area contributed by atoms with Crippen LogP contribution in [-0.4, -0.2) is 49.8 Å². The Balaban J connectivity index is 1.76. The van der Waals surface area contributed by atoms with E-state index in [9.17, 15) is 17.6 Å². The number of hydrogen-bond donors (Lipinski definition) is 0. The molecule has 7 aromatic rings. The van der Waals surface area contributed by atoms with Crippen molar-refractivity contribution in [3.8, 4) is 0 Å². The standard InChI is InChI=1S/C20H2Cl2F4N10/c21-3-1-5-6(2-4(3)22)28-8-7(27-5)9-11(31-19-17(29-9)33-13(23)15(25)35-19)12-10(8)30-18-20(32-12)36-16(26)14(24)34-18/h1-2H. The second-order valence-corrected chi connectivity index (χ2v) is 8.24. The van der Waals surface area contributed by atoms with Gasteiger partial charge in [-0.1, -0.05) is 23.2 Å². The van der Waals surface area contributed by atoms with Crippen LogP contribution in [0.2, 0.25) is 10.0 Å². The van der Waals surface area contributed by atoms with Gasteiger partial charge in [0.25, 0.3) is 23.8 Å². The molecule has 10 nitrogen and oxygen atoms in total. The number of benzene rings is 2. The molecule has 0 N–H and O–H groups in total. The van der Waals surface area contributed by atoms with Crippen molar-refractivity contribution in [1.82, 2.24) is 49.8 Å². The predicted molar refractivity (Wildman–Crippen MR) is 119 cm³/mol. The van der Waals surface area contributed by atoms with Crippen molar-refractivity contribution in [3.63, 3.8) is 0 Å². The lowest BCUT2D eigenvalue weighted by Crippen LogP contribution is -2.04. The fraction of sp³-hybridized carbons (Fsp3) is 0. The first-order valence-electron chi connectivity index (χ1n) is 9.76. The Morgan fingerprint density at radius 3 is 0.917 bits per heavy atom. The van der Waals surface area contributed by atoms with Crippen molar-refractivity contribution < 1.29 is 17.6 Å². The third-order valence-corrected chi connectivity index (χ3v) is 5.98. The van der Waals surface area contributed by atoms with Crippen molar-refractivity contribution in [1.29, 1.82) is 0 Å². The summed E-state index contributed by atoms with van der Waals surface area (Å²) >= 11 is 12.3. The molecular weight excluding hydrogens is 527 g/mol. The second kappa shape index (κ2) is 7.11. The molecule has 0 radical (unpaired) electrons. The molecule has 0 aliphatic carbocycles. The molecule has 0 spiro atoms. The third kappa shape index (κ3) is 2.91. The SMILES string of the molecule is Fc1nc2nc3c4nc5cc(Cl)c(Cl)cc5nc4c4nc5nc(F)c(F)nc5nc4c3nc2nc1F. The largest absolute Gasteiger partial charge is 0.270 e. The van der Waals surface area contributed by atoms with Gasteiger partial charge in [-0.2, -0.15) is 37.5 Å². The Morgan fingerprint density at radius 1 is 0.389 bits per heavy atom. The van der Waals surface area contributed by atoms with Gasteiger partial charge < -0.3 is 0 Å². The predicted octanol–water partition coefficient (Wildman–Crippen LogP) is 4.42. The van der Waals surface area contributed by atoms with E-state index in [1.54, 1.807) is 0 Å². The highest BCUT2D eigenvalue weighted by Crippen LogP contribution is 2.34. The van der Waals surface area contributed by atoms with Crippen LogP contribution in [0.15, 0.2) is 12.1 Å². The van der Waals surface area contributed by atoms with E-state index < -0.39 is 23.8 Å². The first-order chi connectivity index (χ1) is 17.3. The molecule has 5 aromatic heterocycles. The summed E-state index contributed by atoms with van der Waals surface area (Å²) < 4.78 is 55.1. The molecule has 2 aromatic carbocycles. The zero-order valence-electron chi connectivity index (χ0n) is 16.9. The fourth-order valence-corrected chi connectivity index (χ4v) is 4.05. The topological polar surface area (TPSA) is 129 Å². The van der Waals surface area contributed by atoms with Crippen LogP contribution in [0.5, 0.6) is 0 Å². The molecule has 0 amide bonds. The molecule has 0 saturated heterocycles. The molecule has 0 bridgehead atoms. The molecule has 0 saturated carbocycles. The lowest BCUT2D eigenvalue weighted by molar-refractivity contribution is 0.458. The average Bonchev–Trinajstić information content (AvgIpc) is 2.84. The van der Waals surface area contributed by atoms with E-state index >= 15 is 0 Å². The summed E-state index contributed by atoms with van der Waals surface area (Å²) in [7, 11) is 0. The minimum Gasteiger partial charge on any atom is -0.242 e. The van der Waals surface area contributed by atoms with E-state index in [1.165, 1.54) is 12.1 Å². The quantitative estimate of drug-likeness (QED) is 0.158. The summed E-state index contributed by atoms with van der Waals surface area (Å²) in [5, 5.41) is 0.419. The van der Waals surface area contributed by atoms with E-state index in [0.717, 1.165) is 0 Å². The maximum absolute atomic E-state index is 13.8. The maximum atomic E-state index is 13.8. The number of halogens is 6. The number of rotatable bonds is 0. The van der Waals surface area contributed by atoms with Crippen molar-refractivity contribution in [2.45, 2.75) is 0 Å². The van der Waals surface area contributed by atoms with E-state index in [1.807, 2.05) is 0 Å². The van der Waals surface area contributed by atoms with E-state index in [0.29, 0.717) is 11.0 Å². The first-order valence-corrected chi connectivity index (χ1v) is 10.5. The normalized spacial score (nSPS) is 12.2. The van der Waals surface area contributed by atoms with Gasteiger partial charge >= 0.3 is 0 Å². The van der Waals surface area contributed by atoms with Crippen LogP contribution in [0.25, 0.3) is 66.7 Å². The Morgan fingerprint density at radius 2 is 0.639 bits per heavy atom. The van der Waals surface area contributed by atoms with Gasteiger partial charge in [-0.3, -0.25) is 0 Å². The third-order valence-electron chi connectivity index (χ3n) is 5.26. The van der Waals surface area contributed by atoms with Gasteiger partial charge in [0.15, 0.2) is 0 Å². The number of fused-ring (bicyclic) bond motifs is 9. The van der Waals surface area contributed by atoms with Crippen LogP contribution < -0.4 is 0 Å². The van der Waals surface area contributed by atoms with E-state index in [-0.39, 0.29) is 65.7 Å². The highest BCUT2D eigenvalue weighted by molar-refractivity contribution is 6.42. The zero-order chi connectivity index (χ0) is 24.9. The second-order valence-electron chi connectivity index (χ2n) is 7.42. The summed E-state index contributed by atoms with van der Waals surface area (Å²) in [6, 6.07) is 2.95. The van der Waals surface area contributed by atoms with Crippen LogP contribution in [0.1, 0.15) is 0 Å². The molecule has 36 heavy (non-hydrogen) atoms. The maximum Gasteiger partial charge on any atom is 0.270 e. The van der Waals surface area contributed by atoms with Crippen LogP contribution in [0.4, 0.5) is 17.6 Å². The van der Waals surface area contributed by atoms with E-state index in [2.05, 4.69) is 49.8 Å². The van der Waals surface area contributed by atoms with Gasteiger partial charge in [0.2, 0.25) is 22.6 Å². The molecule has 16 heteroatoms. The van der Waals surface area contributed by atoms with Gasteiger partial charge in [-0.05, 0) is 12.1 Å². The Kier molecular flexibility index (Phi) is 4.15. The van der Waals surface area contributed by atoms with Gasteiger partial charge in [-0.15, -0.1) is 0 Å². The van der Waals surface area contributed by atoms with Crippen molar-refractivity contribution >= 4 is 89.9 Å². The average molecular weight is 529 g/mol. The van der Waals surface area contributed by atoms with Crippen LogP contribution in [0.3, 0.4) is 0 Å². The molecule has 174 valence electrons. The van der Waals surface area contributed by atoms with Gasteiger partial charge in [0.1, 0.15) is 33.1 Å². The van der Waals surface area contributed by atoms with Gasteiger partial charge in [0.05, 0.1) is 21.1 Å². The molecular formula is C20H2Cl2F4N10. The van der Waals surface area contributed by atoms with Crippen LogP contribution in [0, 0.1) is 23.8 Å². The summed E-state index contributed by atoms with van der Waals surface area (Å²) in [6.45, 7) is 0. The lowest BCUT2D eigenvalue weighted by Gasteiger charge is -2.10. The van der Waals surface area contributed by atoms with Gasteiger partial charge in [0, 0.05) is 0 Å². The summed E-state index contributed by atoms with van der Waals surface area (Å²) in [5.74, 6) is -5.92. The molecule has 0 atom stereocenters. The minimum absolute atomic E-state index is 0.0231. The van der Waals surface area contributed by atoms with Gasteiger partial charge in [-0.25, -0.2) is 29.9 Å². The summed E-state index contributed by atoms with van der Waals surface area (Å²) in [6.07, 6.45) is 0. The molecule has 7 rings (SSSR count). The Bertz CT molecular complexity index is 1720. The Labute approximate surface area is 203 Å². The Hall–Kier alpha value is -4.30. The highest BCUT2D eigenvalue weighted by atomic mass is 35.5. The van der Waals surface area contributed by atoms with Crippen LogP contribution in [-0.2, 0) is 0 Å². The van der Waals surface area contributed by atoms with Crippen molar-refractivity contribution in [2.24, 2.45) is 0 Å². The summed E-state index contributed by atoms with van der Waals surface area (Å²) in [5.41, 5.74) is -0.492. The van der Waals surface area contributed by atoms with Crippen molar-refractivity contribution in [3.05, 3.63) is 46.0 Å². The fourth-order valence-electron chi connectivity index (χ4n) is 3.73. The monoisotopic (exact) mass is 528 g/mol. The smallest absolute Gasteiger partial charge is 0.242 e. The van der Waals surface area contributed by atoms with Crippen LogP contribution >= 0.6 is 23.2 Å². The number of aromatic nitrogens is 10. The number of hydrogen-bond acceptors (Lipinski definition) is 10. The molecule has 0 fully saturated rings. The lowest BCUT2D eigenvalue weighted by atomic mass is 10.1. The molecule has 5 heterocycles. The zero-order valence-corrected chi connectivity index (χ0v) is 18.4. The first kappa shape index (κ1) is 21.0.